The molecular weight excluding hydrogens is 188 g/mol. The van der Waals surface area contributed by atoms with Crippen LogP contribution >= 0.6 is 0 Å². The van der Waals surface area contributed by atoms with E-state index in [1.807, 2.05) is 20.8 Å². The molecule has 2 unspecified atom stereocenters. The van der Waals surface area contributed by atoms with E-state index in [2.05, 4.69) is 6.92 Å². The number of hydrogen-bond acceptors (Lipinski definition) is 2. The summed E-state index contributed by atoms with van der Waals surface area (Å²) in [5, 5.41) is 0. The third kappa shape index (κ3) is 6.43. The fourth-order valence-corrected chi connectivity index (χ4v) is 1.42. The molecule has 0 aromatic carbocycles. The molecule has 0 N–H and O–H groups in total. The van der Waals surface area contributed by atoms with Gasteiger partial charge in [-0.3, -0.25) is 9.59 Å². The summed E-state index contributed by atoms with van der Waals surface area (Å²) in [6.45, 7) is 9.56. The lowest BCUT2D eigenvalue weighted by Crippen LogP contribution is -2.13. The number of rotatable bonds is 7. The topological polar surface area (TPSA) is 34.1 Å². The summed E-state index contributed by atoms with van der Waals surface area (Å²) in [5.41, 5.74) is 0. The number of carbonyl (C=O) groups excluding carboxylic acids is 2. The molecular formula is C13H24O2. The summed E-state index contributed by atoms with van der Waals surface area (Å²) < 4.78 is 0. The van der Waals surface area contributed by atoms with Crippen LogP contribution in [0, 0.1) is 17.8 Å². The van der Waals surface area contributed by atoms with Gasteiger partial charge < -0.3 is 0 Å². The fourth-order valence-electron chi connectivity index (χ4n) is 1.42. The molecule has 0 saturated carbocycles. The highest BCUT2D eigenvalue weighted by Crippen LogP contribution is 2.17. The van der Waals surface area contributed by atoms with Crippen molar-refractivity contribution in [2.75, 3.05) is 0 Å². The van der Waals surface area contributed by atoms with Gasteiger partial charge in [0.25, 0.3) is 0 Å². The minimum atomic E-state index is 0.137. The average Bonchev–Trinajstić information content (AvgIpc) is 2.13. The molecule has 0 heterocycles. The first kappa shape index (κ1) is 14.3. The molecule has 0 spiro atoms. The Hall–Kier alpha value is -0.660. The summed E-state index contributed by atoms with van der Waals surface area (Å²) >= 11 is 0. The number of carbonyl (C=O) groups is 2. The van der Waals surface area contributed by atoms with E-state index in [-0.39, 0.29) is 17.6 Å². The molecule has 2 atom stereocenters. The molecule has 0 aromatic heterocycles. The summed E-state index contributed by atoms with van der Waals surface area (Å²) in [4.78, 5) is 22.5. The molecule has 0 fully saturated rings. The Bertz CT molecular complexity index is 219. The van der Waals surface area contributed by atoms with Crippen LogP contribution in [0.25, 0.3) is 0 Å². The molecule has 88 valence electrons. The number of ketones is 2. The van der Waals surface area contributed by atoms with Gasteiger partial charge in [0.2, 0.25) is 0 Å². The molecule has 2 heteroatoms. The highest BCUT2D eigenvalue weighted by atomic mass is 16.1. The van der Waals surface area contributed by atoms with Crippen LogP contribution in [0.4, 0.5) is 0 Å². The summed E-state index contributed by atoms with van der Waals surface area (Å²) in [6, 6.07) is 0. The molecule has 0 saturated heterocycles. The van der Waals surface area contributed by atoms with E-state index in [9.17, 15) is 9.59 Å². The number of hydrogen-bond donors (Lipinski definition) is 0. The van der Waals surface area contributed by atoms with E-state index in [4.69, 9.17) is 0 Å². The normalized spacial score (nSPS) is 15.1. The van der Waals surface area contributed by atoms with E-state index in [1.165, 1.54) is 0 Å². The van der Waals surface area contributed by atoms with Gasteiger partial charge in [-0.25, -0.2) is 0 Å². The minimum absolute atomic E-state index is 0.137. The molecule has 0 aliphatic carbocycles. The van der Waals surface area contributed by atoms with Crippen molar-refractivity contribution in [3.63, 3.8) is 0 Å². The Morgan fingerprint density at radius 1 is 1.00 bits per heavy atom. The van der Waals surface area contributed by atoms with Crippen LogP contribution in [-0.4, -0.2) is 11.6 Å². The largest absolute Gasteiger partial charge is 0.300 e. The van der Waals surface area contributed by atoms with Crippen LogP contribution in [0.15, 0.2) is 0 Å². The third-order valence-corrected chi connectivity index (χ3v) is 2.98. The van der Waals surface area contributed by atoms with Gasteiger partial charge in [0, 0.05) is 18.3 Å². The van der Waals surface area contributed by atoms with Crippen LogP contribution in [-0.2, 0) is 9.59 Å². The highest BCUT2D eigenvalue weighted by molar-refractivity contribution is 5.80. The second kappa shape index (κ2) is 6.76. The van der Waals surface area contributed by atoms with E-state index in [1.54, 1.807) is 6.92 Å². The Balaban J connectivity index is 3.80. The van der Waals surface area contributed by atoms with Crippen molar-refractivity contribution in [1.82, 2.24) is 0 Å². The lowest BCUT2D eigenvalue weighted by Gasteiger charge is -2.14. The standard InChI is InChI=1S/C13H24O2/c1-9(2)13(15)8-10(3)6-7-11(4)12(5)14/h9-11H,6-8H2,1-5H3. The lowest BCUT2D eigenvalue weighted by atomic mass is 9.90. The van der Waals surface area contributed by atoms with Crippen molar-refractivity contribution < 1.29 is 9.59 Å². The van der Waals surface area contributed by atoms with Crippen LogP contribution in [0.1, 0.15) is 53.9 Å². The second-order valence-corrected chi connectivity index (χ2v) is 5.02. The smallest absolute Gasteiger partial charge is 0.135 e. The van der Waals surface area contributed by atoms with Gasteiger partial charge in [0.05, 0.1) is 0 Å². The lowest BCUT2D eigenvalue weighted by molar-refractivity contribution is -0.122. The van der Waals surface area contributed by atoms with Crippen molar-refractivity contribution in [3.8, 4) is 0 Å². The molecule has 15 heavy (non-hydrogen) atoms. The fraction of sp³-hybridized carbons (Fsp3) is 0.846. The van der Waals surface area contributed by atoms with Gasteiger partial charge >= 0.3 is 0 Å². The van der Waals surface area contributed by atoms with E-state index in [0.29, 0.717) is 18.1 Å². The highest BCUT2D eigenvalue weighted by Gasteiger charge is 2.14. The maximum absolute atomic E-state index is 11.5. The Labute approximate surface area is 93.4 Å². The van der Waals surface area contributed by atoms with Crippen molar-refractivity contribution >= 4 is 11.6 Å². The molecule has 2 nitrogen and oxygen atoms in total. The van der Waals surface area contributed by atoms with Crippen molar-refractivity contribution in [2.24, 2.45) is 17.8 Å². The Kier molecular flexibility index (Phi) is 6.46. The van der Waals surface area contributed by atoms with Gasteiger partial charge in [-0.15, -0.1) is 0 Å². The van der Waals surface area contributed by atoms with Crippen molar-refractivity contribution in [1.29, 1.82) is 0 Å². The van der Waals surface area contributed by atoms with Gasteiger partial charge in [-0.05, 0) is 25.7 Å². The summed E-state index contributed by atoms with van der Waals surface area (Å²) in [5.74, 6) is 1.26. The monoisotopic (exact) mass is 212 g/mol. The molecule has 0 rings (SSSR count). The maximum atomic E-state index is 11.5. The molecule has 0 aromatic rings. The summed E-state index contributed by atoms with van der Waals surface area (Å²) in [7, 11) is 0. The van der Waals surface area contributed by atoms with E-state index >= 15 is 0 Å². The number of Topliss-reactive ketones (excluding diaryl/α,β-unsaturated/α-hetero) is 2. The maximum Gasteiger partial charge on any atom is 0.135 e. The van der Waals surface area contributed by atoms with E-state index < -0.39 is 0 Å². The van der Waals surface area contributed by atoms with Gasteiger partial charge in [0.15, 0.2) is 0 Å². The van der Waals surface area contributed by atoms with Crippen molar-refractivity contribution in [2.45, 2.75) is 53.9 Å². The first-order chi connectivity index (χ1) is 6.84. The molecule has 0 aliphatic rings. The molecule has 0 aliphatic heterocycles. The van der Waals surface area contributed by atoms with Gasteiger partial charge in [-0.2, -0.15) is 0 Å². The predicted molar refractivity (Wildman–Crippen MR) is 62.7 cm³/mol. The van der Waals surface area contributed by atoms with Crippen LogP contribution in [0.5, 0.6) is 0 Å². The Morgan fingerprint density at radius 2 is 1.53 bits per heavy atom. The third-order valence-electron chi connectivity index (χ3n) is 2.98. The second-order valence-electron chi connectivity index (χ2n) is 5.02. The molecule has 0 radical (unpaired) electrons. The molecule has 0 amide bonds. The summed E-state index contributed by atoms with van der Waals surface area (Å²) in [6.07, 6.45) is 2.53. The van der Waals surface area contributed by atoms with Crippen LogP contribution < -0.4 is 0 Å². The molecule has 0 bridgehead atoms. The van der Waals surface area contributed by atoms with Crippen molar-refractivity contribution in [3.05, 3.63) is 0 Å². The average molecular weight is 212 g/mol. The minimum Gasteiger partial charge on any atom is -0.300 e. The predicted octanol–water partition coefficient (Wildman–Crippen LogP) is 3.24. The van der Waals surface area contributed by atoms with Gasteiger partial charge in [-0.1, -0.05) is 27.7 Å². The van der Waals surface area contributed by atoms with Crippen LogP contribution in [0.3, 0.4) is 0 Å². The van der Waals surface area contributed by atoms with Crippen LogP contribution in [0.2, 0.25) is 0 Å². The zero-order valence-electron chi connectivity index (χ0n) is 10.7. The zero-order valence-corrected chi connectivity index (χ0v) is 10.7. The van der Waals surface area contributed by atoms with E-state index in [0.717, 1.165) is 12.8 Å². The van der Waals surface area contributed by atoms with Gasteiger partial charge in [0.1, 0.15) is 11.6 Å². The first-order valence-electron chi connectivity index (χ1n) is 5.87. The zero-order chi connectivity index (χ0) is 12.0. The Morgan fingerprint density at radius 3 is 1.93 bits per heavy atom. The first-order valence-corrected chi connectivity index (χ1v) is 5.87. The SMILES string of the molecule is CC(=O)C(C)CCC(C)CC(=O)C(C)C. The quantitative estimate of drug-likeness (QED) is 0.649.